The molecule has 4 nitrogen and oxygen atoms in total. The second-order valence-electron chi connectivity index (χ2n) is 5.18. The van der Waals surface area contributed by atoms with Crippen LogP contribution in [-0.2, 0) is 6.54 Å². The SMILES string of the molecule is CN1CCCN(Cc2cccnc2)C(CCN)C1. The Labute approximate surface area is 110 Å². The van der Waals surface area contributed by atoms with Crippen molar-refractivity contribution in [1.29, 1.82) is 0 Å². The van der Waals surface area contributed by atoms with Crippen LogP contribution >= 0.6 is 0 Å². The van der Waals surface area contributed by atoms with E-state index < -0.39 is 0 Å². The van der Waals surface area contributed by atoms with Gasteiger partial charge in [-0.3, -0.25) is 9.88 Å². The maximum absolute atomic E-state index is 5.75. The number of hydrogen-bond donors (Lipinski definition) is 1. The summed E-state index contributed by atoms with van der Waals surface area (Å²) < 4.78 is 0. The van der Waals surface area contributed by atoms with Crippen molar-refractivity contribution in [2.24, 2.45) is 5.73 Å². The fourth-order valence-electron chi connectivity index (χ4n) is 2.69. The molecular weight excluding hydrogens is 224 g/mol. The van der Waals surface area contributed by atoms with Gasteiger partial charge in [0.1, 0.15) is 0 Å². The van der Waals surface area contributed by atoms with Crippen molar-refractivity contribution >= 4 is 0 Å². The van der Waals surface area contributed by atoms with E-state index in [1.54, 1.807) is 0 Å². The maximum atomic E-state index is 5.75. The van der Waals surface area contributed by atoms with Crippen LogP contribution in [0.5, 0.6) is 0 Å². The first kappa shape index (κ1) is 13.5. The molecule has 2 N–H and O–H groups in total. The predicted molar refractivity (Wildman–Crippen MR) is 74.2 cm³/mol. The average Bonchev–Trinajstić information content (AvgIpc) is 2.54. The molecule has 1 atom stereocenters. The lowest BCUT2D eigenvalue weighted by molar-refractivity contribution is 0.173. The summed E-state index contributed by atoms with van der Waals surface area (Å²) >= 11 is 0. The van der Waals surface area contributed by atoms with Gasteiger partial charge in [-0.25, -0.2) is 0 Å². The number of pyridine rings is 1. The van der Waals surface area contributed by atoms with Gasteiger partial charge in [-0.05, 0) is 44.6 Å². The van der Waals surface area contributed by atoms with E-state index in [-0.39, 0.29) is 0 Å². The standard InChI is InChI=1S/C14H24N4/c1-17-8-3-9-18(14(12-17)5-6-15)11-13-4-2-7-16-10-13/h2,4,7,10,14H,3,5-6,8-9,11-12,15H2,1H3. The third-order valence-corrected chi connectivity index (χ3v) is 3.63. The van der Waals surface area contributed by atoms with Crippen molar-refractivity contribution in [2.45, 2.75) is 25.4 Å². The number of aromatic nitrogens is 1. The Bertz CT molecular complexity index is 341. The summed E-state index contributed by atoms with van der Waals surface area (Å²) in [7, 11) is 2.21. The van der Waals surface area contributed by atoms with Gasteiger partial charge in [-0.2, -0.15) is 0 Å². The number of nitrogens with zero attached hydrogens (tertiary/aromatic N) is 3. The molecule has 100 valence electrons. The minimum atomic E-state index is 0.572. The van der Waals surface area contributed by atoms with E-state index in [0.717, 1.165) is 32.6 Å². The van der Waals surface area contributed by atoms with Crippen molar-refractivity contribution in [1.82, 2.24) is 14.8 Å². The van der Waals surface area contributed by atoms with Gasteiger partial charge in [-0.15, -0.1) is 0 Å². The minimum absolute atomic E-state index is 0.572. The fourth-order valence-corrected chi connectivity index (χ4v) is 2.69. The van der Waals surface area contributed by atoms with E-state index in [1.807, 2.05) is 18.5 Å². The van der Waals surface area contributed by atoms with Gasteiger partial charge < -0.3 is 10.6 Å². The first-order chi connectivity index (χ1) is 8.79. The first-order valence-corrected chi connectivity index (χ1v) is 6.81. The molecule has 0 spiro atoms. The molecule has 0 aromatic carbocycles. The van der Waals surface area contributed by atoms with E-state index in [0.29, 0.717) is 6.04 Å². The van der Waals surface area contributed by atoms with Gasteiger partial charge in [0, 0.05) is 38.1 Å². The molecule has 0 saturated carbocycles. The molecule has 0 amide bonds. The van der Waals surface area contributed by atoms with Gasteiger partial charge in [0.15, 0.2) is 0 Å². The molecule has 0 bridgehead atoms. The summed E-state index contributed by atoms with van der Waals surface area (Å²) in [5.41, 5.74) is 7.05. The van der Waals surface area contributed by atoms with Crippen LogP contribution in [0.1, 0.15) is 18.4 Å². The van der Waals surface area contributed by atoms with Gasteiger partial charge in [-0.1, -0.05) is 6.07 Å². The number of rotatable bonds is 4. The van der Waals surface area contributed by atoms with Crippen LogP contribution in [0.3, 0.4) is 0 Å². The largest absolute Gasteiger partial charge is 0.330 e. The topological polar surface area (TPSA) is 45.4 Å². The average molecular weight is 248 g/mol. The van der Waals surface area contributed by atoms with Crippen molar-refractivity contribution in [3.8, 4) is 0 Å². The molecule has 2 rings (SSSR count). The molecule has 1 aromatic heterocycles. The van der Waals surface area contributed by atoms with Gasteiger partial charge >= 0.3 is 0 Å². The van der Waals surface area contributed by atoms with Gasteiger partial charge in [0.25, 0.3) is 0 Å². The lowest BCUT2D eigenvalue weighted by Gasteiger charge is -2.30. The zero-order valence-corrected chi connectivity index (χ0v) is 11.3. The molecule has 1 aromatic rings. The fraction of sp³-hybridized carbons (Fsp3) is 0.643. The molecule has 2 heterocycles. The highest BCUT2D eigenvalue weighted by atomic mass is 15.2. The summed E-state index contributed by atoms with van der Waals surface area (Å²) in [6.45, 7) is 5.22. The Morgan fingerprint density at radius 3 is 3.06 bits per heavy atom. The third kappa shape index (κ3) is 3.77. The smallest absolute Gasteiger partial charge is 0.0312 e. The summed E-state index contributed by atoms with van der Waals surface area (Å²) in [4.78, 5) is 9.18. The van der Waals surface area contributed by atoms with Crippen molar-refractivity contribution < 1.29 is 0 Å². The van der Waals surface area contributed by atoms with E-state index in [4.69, 9.17) is 5.73 Å². The molecule has 18 heavy (non-hydrogen) atoms. The van der Waals surface area contributed by atoms with E-state index in [1.165, 1.54) is 18.5 Å². The second kappa shape index (κ2) is 6.83. The number of hydrogen-bond acceptors (Lipinski definition) is 4. The quantitative estimate of drug-likeness (QED) is 0.861. The monoisotopic (exact) mass is 248 g/mol. The molecule has 1 aliphatic heterocycles. The second-order valence-corrected chi connectivity index (χ2v) is 5.18. The van der Waals surface area contributed by atoms with Crippen LogP contribution in [-0.4, -0.2) is 54.1 Å². The predicted octanol–water partition coefficient (Wildman–Crippen LogP) is 0.937. The lowest BCUT2D eigenvalue weighted by Crippen LogP contribution is -2.41. The van der Waals surface area contributed by atoms with Gasteiger partial charge in [0.05, 0.1) is 0 Å². The number of likely N-dealkylation sites (N-methyl/N-ethyl adjacent to an activating group) is 1. The maximum Gasteiger partial charge on any atom is 0.0312 e. The molecule has 1 aliphatic rings. The van der Waals surface area contributed by atoms with Crippen molar-refractivity contribution in [3.63, 3.8) is 0 Å². The van der Waals surface area contributed by atoms with Crippen molar-refractivity contribution in [3.05, 3.63) is 30.1 Å². The zero-order chi connectivity index (χ0) is 12.8. The highest BCUT2D eigenvalue weighted by Gasteiger charge is 2.22. The van der Waals surface area contributed by atoms with Crippen LogP contribution in [0.2, 0.25) is 0 Å². The summed E-state index contributed by atoms with van der Waals surface area (Å²) in [6, 6.07) is 4.74. The van der Waals surface area contributed by atoms with E-state index in [2.05, 4.69) is 27.9 Å². The van der Waals surface area contributed by atoms with Crippen LogP contribution in [0, 0.1) is 0 Å². The Balaban J connectivity index is 2.02. The normalized spacial score (nSPS) is 22.9. The minimum Gasteiger partial charge on any atom is -0.330 e. The summed E-state index contributed by atoms with van der Waals surface area (Å²) in [5.74, 6) is 0. The number of nitrogens with two attached hydrogens (primary N) is 1. The molecule has 1 saturated heterocycles. The first-order valence-electron chi connectivity index (χ1n) is 6.81. The van der Waals surface area contributed by atoms with Crippen LogP contribution in [0.15, 0.2) is 24.5 Å². The highest BCUT2D eigenvalue weighted by molar-refractivity contribution is 5.08. The molecule has 1 fully saturated rings. The summed E-state index contributed by atoms with van der Waals surface area (Å²) in [6.07, 6.45) is 6.10. The lowest BCUT2D eigenvalue weighted by atomic mass is 10.1. The molecule has 1 unspecified atom stereocenters. The van der Waals surface area contributed by atoms with Crippen LogP contribution < -0.4 is 5.73 Å². The van der Waals surface area contributed by atoms with Crippen LogP contribution in [0.25, 0.3) is 0 Å². The summed E-state index contributed by atoms with van der Waals surface area (Å²) in [5, 5.41) is 0. The van der Waals surface area contributed by atoms with Crippen molar-refractivity contribution in [2.75, 3.05) is 33.2 Å². The molecular formula is C14H24N4. The third-order valence-electron chi connectivity index (χ3n) is 3.63. The van der Waals surface area contributed by atoms with Crippen LogP contribution in [0.4, 0.5) is 0 Å². The molecule has 4 heteroatoms. The van der Waals surface area contributed by atoms with E-state index in [9.17, 15) is 0 Å². The van der Waals surface area contributed by atoms with Gasteiger partial charge in [0.2, 0.25) is 0 Å². The Morgan fingerprint density at radius 1 is 1.44 bits per heavy atom. The Morgan fingerprint density at radius 2 is 2.33 bits per heavy atom. The molecule has 0 aliphatic carbocycles. The highest BCUT2D eigenvalue weighted by Crippen LogP contribution is 2.15. The Hall–Kier alpha value is -0.970. The molecule has 0 radical (unpaired) electrons. The Kier molecular flexibility index (Phi) is 5.11. The zero-order valence-electron chi connectivity index (χ0n) is 11.3. The van der Waals surface area contributed by atoms with E-state index >= 15 is 0 Å².